The van der Waals surface area contributed by atoms with E-state index in [2.05, 4.69) is 34.0 Å². The Bertz CT molecular complexity index is 534. The van der Waals surface area contributed by atoms with Crippen LogP contribution in [0.5, 0.6) is 0 Å². The van der Waals surface area contributed by atoms with Gasteiger partial charge in [0.15, 0.2) is 0 Å². The molecule has 2 aromatic rings. The number of nitrogens with zero attached hydrogens (tertiary/aromatic N) is 2. The van der Waals surface area contributed by atoms with Gasteiger partial charge < -0.3 is 5.11 Å². The molecule has 0 atom stereocenters. The number of aliphatic hydroxyl groups is 1. The van der Waals surface area contributed by atoms with Crippen molar-refractivity contribution in [2.24, 2.45) is 0 Å². The summed E-state index contributed by atoms with van der Waals surface area (Å²) in [5.74, 6) is 0. The summed E-state index contributed by atoms with van der Waals surface area (Å²) in [4.78, 5) is 0. The number of hydrogen-bond acceptors (Lipinski definition) is 2. The zero-order chi connectivity index (χ0) is 12.4. The first-order chi connectivity index (χ1) is 8.15. The second kappa shape index (κ2) is 5.02. The molecule has 0 aliphatic carbocycles. The Kier molecular flexibility index (Phi) is 3.64. The lowest BCUT2D eigenvalue weighted by Gasteiger charge is -2.07. The van der Waals surface area contributed by atoms with Gasteiger partial charge in [-0.2, -0.15) is 5.10 Å². The molecule has 1 N–H and O–H groups in total. The first-order valence-corrected chi connectivity index (χ1v) is 6.35. The van der Waals surface area contributed by atoms with E-state index in [0.717, 1.165) is 21.5 Å². The van der Waals surface area contributed by atoms with Gasteiger partial charge in [0.05, 0.1) is 11.4 Å². The number of hydrogen-bond donors (Lipinski definition) is 1. The van der Waals surface area contributed by atoms with Crippen molar-refractivity contribution in [1.82, 2.24) is 9.78 Å². The first-order valence-electron chi connectivity index (χ1n) is 5.56. The molecule has 4 heteroatoms. The Morgan fingerprint density at radius 2 is 2.00 bits per heavy atom. The molecule has 0 radical (unpaired) electrons. The highest BCUT2D eigenvalue weighted by molar-refractivity contribution is 9.10. The van der Waals surface area contributed by atoms with Crippen molar-refractivity contribution in [1.29, 1.82) is 0 Å². The van der Waals surface area contributed by atoms with E-state index >= 15 is 0 Å². The first kappa shape index (κ1) is 12.3. The van der Waals surface area contributed by atoms with Crippen molar-refractivity contribution < 1.29 is 5.11 Å². The van der Waals surface area contributed by atoms with Gasteiger partial charge in [-0.15, -0.1) is 0 Å². The minimum atomic E-state index is 0.138. The molecule has 90 valence electrons. The van der Waals surface area contributed by atoms with E-state index in [1.165, 1.54) is 5.56 Å². The third-order valence-corrected chi connectivity index (χ3v) is 3.64. The van der Waals surface area contributed by atoms with Gasteiger partial charge in [0.2, 0.25) is 0 Å². The van der Waals surface area contributed by atoms with Crippen molar-refractivity contribution >= 4 is 15.9 Å². The Morgan fingerprint density at radius 3 is 2.65 bits per heavy atom. The predicted molar refractivity (Wildman–Crippen MR) is 71.5 cm³/mol. The molecule has 0 unspecified atom stereocenters. The third-order valence-electron chi connectivity index (χ3n) is 2.83. The molecule has 2 rings (SSSR count). The molecule has 1 aromatic heterocycles. The van der Waals surface area contributed by atoms with Gasteiger partial charge in [0.1, 0.15) is 4.60 Å². The fourth-order valence-corrected chi connectivity index (χ4v) is 2.64. The second-order valence-corrected chi connectivity index (χ2v) is 4.78. The molecule has 0 saturated heterocycles. The lowest BCUT2D eigenvalue weighted by atomic mass is 10.2. The second-order valence-electron chi connectivity index (χ2n) is 4.03. The number of aryl methyl sites for hydroxylation is 2. The van der Waals surface area contributed by atoms with Gasteiger partial charge in [0.25, 0.3) is 0 Å². The quantitative estimate of drug-likeness (QED) is 0.945. The van der Waals surface area contributed by atoms with E-state index in [1.54, 1.807) is 0 Å². The van der Waals surface area contributed by atoms with Crippen LogP contribution in [-0.2, 0) is 6.42 Å². The number of para-hydroxylation sites is 1. The van der Waals surface area contributed by atoms with Crippen LogP contribution < -0.4 is 0 Å². The van der Waals surface area contributed by atoms with E-state index < -0.39 is 0 Å². The van der Waals surface area contributed by atoms with Crippen molar-refractivity contribution in [2.45, 2.75) is 20.3 Å². The highest BCUT2D eigenvalue weighted by Crippen LogP contribution is 2.25. The van der Waals surface area contributed by atoms with E-state index in [1.807, 2.05) is 29.8 Å². The number of aliphatic hydroxyl groups excluding tert-OH is 1. The Hall–Kier alpha value is -1.13. The summed E-state index contributed by atoms with van der Waals surface area (Å²) in [5, 5.41) is 13.6. The number of halogens is 1. The van der Waals surface area contributed by atoms with Crippen molar-refractivity contribution in [3.8, 4) is 5.69 Å². The van der Waals surface area contributed by atoms with E-state index in [0.29, 0.717) is 6.42 Å². The highest BCUT2D eigenvalue weighted by atomic mass is 79.9. The molecular weight excluding hydrogens is 280 g/mol. The summed E-state index contributed by atoms with van der Waals surface area (Å²) in [6, 6.07) is 8.11. The minimum absolute atomic E-state index is 0.138. The summed E-state index contributed by atoms with van der Waals surface area (Å²) in [7, 11) is 0. The Morgan fingerprint density at radius 1 is 1.29 bits per heavy atom. The fraction of sp³-hybridized carbons (Fsp3) is 0.308. The SMILES string of the molecule is Cc1ccccc1-n1nc(C)c(CCO)c1Br. The van der Waals surface area contributed by atoms with E-state index in [9.17, 15) is 0 Å². The van der Waals surface area contributed by atoms with Crippen molar-refractivity contribution in [3.63, 3.8) is 0 Å². The van der Waals surface area contributed by atoms with Crippen LogP contribution in [-0.4, -0.2) is 21.5 Å². The maximum absolute atomic E-state index is 9.05. The minimum Gasteiger partial charge on any atom is -0.396 e. The fourth-order valence-electron chi connectivity index (χ4n) is 1.89. The molecule has 0 bridgehead atoms. The zero-order valence-electron chi connectivity index (χ0n) is 9.94. The molecule has 0 aliphatic rings. The summed E-state index contributed by atoms with van der Waals surface area (Å²) >= 11 is 3.56. The van der Waals surface area contributed by atoms with Crippen LogP contribution in [0.4, 0.5) is 0 Å². The third kappa shape index (κ3) is 2.28. The molecule has 1 heterocycles. The summed E-state index contributed by atoms with van der Waals surface area (Å²) in [5.41, 5.74) is 4.25. The molecule has 0 aliphatic heterocycles. The summed E-state index contributed by atoms with van der Waals surface area (Å²) < 4.78 is 2.81. The molecule has 0 fully saturated rings. The van der Waals surface area contributed by atoms with Crippen molar-refractivity contribution in [3.05, 3.63) is 45.7 Å². The summed E-state index contributed by atoms with van der Waals surface area (Å²) in [6.07, 6.45) is 0.623. The molecule has 0 saturated carbocycles. The molecule has 0 spiro atoms. The number of benzene rings is 1. The average molecular weight is 295 g/mol. The Balaban J connectivity index is 2.54. The van der Waals surface area contributed by atoms with Crippen LogP contribution >= 0.6 is 15.9 Å². The van der Waals surface area contributed by atoms with Crippen LogP contribution in [0, 0.1) is 13.8 Å². The van der Waals surface area contributed by atoms with Crippen LogP contribution in [0.1, 0.15) is 16.8 Å². The van der Waals surface area contributed by atoms with Crippen LogP contribution in [0.15, 0.2) is 28.9 Å². The van der Waals surface area contributed by atoms with E-state index in [4.69, 9.17) is 5.11 Å². The predicted octanol–water partition coefficient (Wildman–Crippen LogP) is 2.79. The molecule has 0 amide bonds. The van der Waals surface area contributed by atoms with Crippen LogP contribution in [0.25, 0.3) is 5.69 Å². The van der Waals surface area contributed by atoms with Crippen molar-refractivity contribution in [2.75, 3.05) is 6.61 Å². The Labute approximate surface area is 109 Å². The standard InChI is InChI=1S/C13H15BrN2O/c1-9-5-3-4-6-12(9)16-13(14)11(7-8-17)10(2)15-16/h3-6,17H,7-8H2,1-2H3. The van der Waals surface area contributed by atoms with Gasteiger partial charge in [-0.25, -0.2) is 4.68 Å². The molecule has 3 nitrogen and oxygen atoms in total. The molecule has 17 heavy (non-hydrogen) atoms. The summed E-state index contributed by atoms with van der Waals surface area (Å²) in [6.45, 7) is 4.16. The monoisotopic (exact) mass is 294 g/mol. The lowest BCUT2D eigenvalue weighted by molar-refractivity contribution is 0.299. The van der Waals surface area contributed by atoms with Gasteiger partial charge >= 0.3 is 0 Å². The van der Waals surface area contributed by atoms with Crippen LogP contribution in [0.3, 0.4) is 0 Å². The van der Waals surface area contributed by atoms with E-state index in [-0.39, 0.29) is 6.61 Å². The van der Waals surface area contributed by atoms with Gasteiger partial charge in [-0.1, -0.05) is 18.2 Å². The normalized spacial score (nSPS) is 10.8. The maximum atomic E-state index is 9.05. The number of aromatic nitrogens is 2. The lowest BCUT2D eigenvalue weighted by Crippen LogP contribution is -1.99. The van der Waals surface area contributed by atoms with Gasteiger partial charge in [-0.05, 0) is 41.4 Å². The van der Waals surface area contributed by atoms with Crippen LogP contribution in [0.2, 0.25) is 0 Å². The molecular formula is C13H15BrN2O. The van der Waals surface area contributed by atoms with Gasteiger partial charge in [0, 0.05) is 18.6 Å². The largest absolute Gasteiger partial charge is 0.396 e. The smallest absolute Gasteiger partial charge is 0.113 e. The number of rotatable bonds is 3. The highest BCUT2D eigenvalue weighted by Gasteiger charge is 2.14. The molecule has 1 aromatic carbocycles. The zero-order valence-corrected chi connectivity index (χ0v) is 11.5. The maximum Gasteiger partial charge on any atom is 0.113 e. The average Bonchev–Trinajstić information content (AvgIpc) is 2.58. The van der Waals surface area contributed by atoms with Gasteiger partial charge in [-0.3, -0.25) is 0 Å². The topological polar surface area (TPSA) is 38.0 Å².